The van der Waals surface area contributed by atoms with E-state index in [9.17, 15) is 45.0 Å². The summed E-state index contributed by atoms with van der Waals surface area (Å²) in [6, 6.07) is -1.21. The van der Waals surface area contributed by atoms with E-state index in [0.29, 0.717) is 12.8 Å². The van der Waals surface area contributed by atoms with Crippen molar-refractivity contribution < 1.29 is 68.7 Å². The summed E-state index contributed by atoms with van der Waals surface area (Å²) in [4.78, 5) is 35.1. The first-order valence-corrected chi connectivity index (χ1v) is 12.7. The van der Waals surface area contributed by atoms with Crippen LogP contribution in [-0.2, 0) is 38.1 Å². The maximum absolute atomic E-state index is 12.0. The molecule has 2 amide bonds. The van der Waals surface area contributed by atoms with E-state index in [-0.39, 0.29) is 37.9 Å². The summed E-state index contributed by atoms with van der Waals surface area (Å²) in [6.45, 7) is -0.251. The second kappa shape index (κ2) is 16.3. The van der Waals surface area contributed by atoms with Crippen LogP contribution in [0.3, 0.4) is 0 Å². The number of unbranched alkanes of at least 4 members (excludes halogenated alkanes) is 1. The van der Waals surface area contributed by atoms with Gasteiger partial charge in [0.1, 0.15) is 48.8 Å². The lowest BCUT2D eigenvalue weighted by molar-refractivity contribution is -0.344. The van der Waals surface area contributed by atoms with E-state index < -0.39 is 80.5 Å². The highest BCUT2D eigenvalue weighted by Crippen LogP contribution is 2.29. The van der Waals surface area contributed by atoms with Crippen LogP contribution in [0.1, 0.15) is 32.6 Å². The second-order valence-corrected chi connectivity index (χ2v) is 9.24. The quantitative estimate of drug-likeness (QED) is 0.0729. The van der Waals surface area contributed by atoms with Crippen molar-refractivity contribution in [3.63, 3.8) is 0 Å². The van der Waals surface area contributed by atoms with Crippen molar-refractivity contribution >= 4 is 17.8 Å². The molecule has 226 valence electrons. The number of ether oxygens (including phenoxy) is 5. The molecule has 16 heteroatoms. The van der Waals surface area contributed by atoms with Crippen molar-refractivity contribution in [3.8, 4) is 0 Å². The van der Waals surface area contributed by atoms with E-state index in [1.165, 1.54) is 14.0 Å². The molecule has 39 heavy (non-hydrogen) atoms. The molecule has 16 nitrogen and oxygen atoms in total. The number of hydrogen-bond acceptors (Lipinski definition) is 14. The van der Waals surface area contributed by atoms with Crippen LogP contribution in [0.4, 0.5) is 0 Å². The van der Waals surface area contributed by atoms with Crippen LogP contribution in [0.2, 0.25) is 0 Å². The minimum Gasteiger partial charge on any atom is -0.469 e. The van der Waals surface area contributed by atoms with Gasteiger partial charge in [0.2, 0.25) is 11.8 Å². The van der Waals surface area contributed by atoms with Crippen LogP contribution in [0.15, 0.2) is 0 Å². The van der Waals surface area contributed by atoms with Crippen LogP contribution >= 0.6 is 0 Å². The van der Waals surface area contributed by atoms with E-state index in [1.807, 2.05) is 0 Å². The number of rotatable bonds is 14. The minimum absolute atomic E-state index is 0.0487. The molecule has 0 radical (unpaired) electrons. The number of esters is 1. The Hall–Kier alpha value is -1.99. The summed E-state index contributed by atoms with van der Waals surface area (Å²) in [7, 11) is 1.29. The topological polar surface area (TPSA) is 243 Å². The first-order chi connectivity index (χ1) is 18.5. The molecule has 0 aliphatic carbocycles. The zero-order chi connectivity index (χ0) is 29.1. The van der Waals surface area contributed by atoms with Crippen LogP contribution in [0.25, 0.3) is 0 Å². The summed E-state index contributed by atoms with van der Waals surface area (Å²) in [6.07, 6.45) is -12.3. The van der Waals surface area contributed by atoms with E-state index in [4.69, 9.17) is 18.9 Å². The Kier molecular flexibility index (Phi) is 13.9. The first-order valence-electron chi connectivity index (χ1n) is 12.7. The Balaban J connectivity index is 2.01. The van der Waals surface area contributed by atoms with Crippen LogP contribution in [0, 0.1) is 0 Å². The normalized spacial score (nSPS) is 34.8. The number of carbonyl (C=O) groups is 3. The molecule has 2 rings (SSSR count). The van der Waals surface area contributed by atoms with E-state index in [1.54, 1.807) is 0 Å². The number of aliphatic hydroxyl groups is 6. The molecule has 0 aromatic carbocycles. The lowest BCUT2D eigenvalue weighted by Crippen LogP contribution is -2.68. The molecule has 0 aromatic rings. The number of nitrogens with one attached hydrogen (secondary N) is 2. The third-order valence-corrected chi connectivity index (χ3v) is 6.33. The van der Waals surface area contributed by atoms with Gasteiger partial charge in [0.25, 0.3) is 0 Å². The largest absolute Gasteiger partial charge is 0.469 e. The molecular formula is C23H40N2O14. The van der Waals surface area contributed by atoms with Crippen LogP contribution in [-0.4, -0.2) is 143 Å². The molecule has 0 saturated carbocycles. The van der Waals surface area contributed by atoms with Gasteiger partial charge in [-0.15, -0.1) is 0 Å². The Morgan fingerprint density at radius 3 is 2.08 bits per heavy atom. The van der Waals surface area contributed by atoms with Gasteiger partial charge >= 0.3 is 5.97 Å². The fraction of sp³-hybridized carbons (Fsp3) is 0.870. The van der Waals surface area contributed by atoms with Gasteiger partial charge < -0.3 is 65.0 Å². The van der Waals surface area contributed by atoms with E-state index >= 15 is 0 Å². The molecule has 0 spiro atoms. The molecule has 0 aromatic heterocycles. The van der Waals surface area contributed by atoms with Crippen LogP contribution in [0.5, 0.6) is 0 Å². The van der Waals surface area contributed by atoms with Gasteiger partial charge in [-0.25, -0.2) is 0 Å². The van der Waals surface area contributed by atoms with E-state index in [2.05, 4.69) is 15.4 Å². The Labute approximate surface area is 225 Å². The number of methoxy groups -OCH3 is 1. The van der Waals surface area contributed by atoms with Gasteiger partial charge in [0.15, 0.2) is 12.6 Å². The number of carbonyl (C=O) groups excluding carboxylic acids is 3. The minimum atomic E-state index is -1.79. The highest BCUT2D eigenvalue weighted by molar-refractivity contribution is 5.76. The van der Waals surface area contributed by atoms with Gasteiger partial charge in [0, 0.05) is 26.3 Å². The summed E-state index contributed by atoms with van der Waals surface area (Å²) in [5.74, 6) is -1.20. The molecule has 0 bridgehead atoms. The van der Waals surface area contributed by atoms with Crippen molar-refractivity contribution in [2.75, 3.05) is 33.5 Å². The number of aliphatic hydroxyl groups excluding tert-OH is 6. The van der Waals surface area contributed by atoms with Crippen molar-refractivity contribution in [3.05, 3.63) is 0 Å². The lowest BCUT2D eigenvalue weighted by Gasteiger charge is -2.47. The molecule has 2 aliphatic rings. The summed E-state index contributed by atoms with van der Waals surface area (Å²) in [5, 5.41) is 65.5. The second-order valence-electron chi connectivity index (χ2n) is 9.24. The molecule has 2 heterocycles. The average Bonchev–Trinajstić information content (AvgIpc) is 2.91. The van der Waals surface area contributed by atoms with Crippen molar-refractivity contribution in [2.24, 2.45) is 0 Å². The SMILES string of the molecule is COC(=O)CCCCC(=O)NCCO[C@H]1O[C@H](CO)[C@H](O)[C@H](O[C@@H]2O[C@H](CO)[C@H](O)[C@H](O)[C@H]2O)[C@@H]1NC(C)=O. The van der Waals surface area contributed by atoms with E-state index in [0.717, 1.165) is 0 Å². The zero-order valence-corrected chi connectivity index (χ0v) is 21.9. The smallest absolute Gasteiger partial charge is 0.305 e. The predicted molar refractivity (Wildman–Crippen MR) is 127 cm³/mol. The Morgan fingerprint density at radius 1 is 0.846 bits per heavy atom. The molecule has 2 saturated heterocycles. The van der Waals surface area contributed by atoms with Gasteiger partial charge in [-0.1, -0.05) is 0 Å². The molecule has 0 unspecified atom stereocenters. The summed E-state index contributed by atoms with van der Waals surface area (Å²) >= 11 is 0. The third-order valence-electron chi connectivity index (χ3n) is 6.33. The molecular weight excluding hydrogens is 528 g/mol. The maximum Gasteiger partial charge on any atom is 0.305 e. The average molecular weight is 569 g/mol. The molecule has 2 fully saturated rings. The fourth-order valence-electron chi connectivity index (χ4n) is 4.21. The molecule has 8 N–H and O–H groups in total. The number of amides is 2. The van der Waals surface area contributed by atoms with Gasteiger partial charge in [-0.05, 0) is 12.8 Å². The van der Waals surface area contributed by atoms with Gasteiger partial charge in [0.05, 0.1) is 26.9 Å². The molecule has 2 aliphatic heterocycles. The fourth-order valence-corrected chi connectivity index (χ4v) is 4.21. The third kappa shape index (κ3) is 9.56. The molecule has 10 atom stereocenters. The maximum atomic E-state index is 12.0. The van der Waals surface area contributed by atoms with Gasteiger partial charge in [-0.2, -0.15) is 0 Å². The Bertz CT molecular complexity index is 786. The summed E-state index contributed by atoms with van der Waals surface area (Å²) < 4.78 is 26.9. The van der Waals surface area contributed by atoms with Crippen LogP contribution < -0.4 is 10.6 Å². The van der Waals surface area contributed by atoms with Gasteiger partial charge in [-0.3, -0.25) is 14.4 Å². The number of hydrogen-bond donors (Lipinski definition) is 8. The van der Waals surface area contributed by atoms with Crippen molar-refractivity contribution in [1.82, 2.24) is 10.6 Å². The van der Waals surface area contributed by atoms with Crippen molar-refractivity contribution in [2.45, 2.75) is 94.0 Å². The zero-order valence-electron chi connectivity index (χ0n) is 21.9. The lowest BCUT2D eigenvalue weighted by atomic mass is 9.95. The Morgan fingerprint density at radius 2 is 1.46 bits per heavy atom. The predicted octanol–water partition coefficient (Wildman–Crippen LogP) is -4.38. The monoisotopic (exact) mass is 568 g/mol. The first kappa shape index (κ1) is 33.2. The highest BCUT2D eigenvalue weighted by Gasteiger charge is 2.51. The highest BCUT2D eigenvalue weighted by atomic mass is 16.7. The van der Waals surface area contributed by atoms with Crippen molar-refractivity contribution in [1.29, 1.82) is 0 Å². The standard InChI is InChI=1S/C23H40N2O14/c1-11(28)25-16-21(39-23-20(34)19(33)17(31)12(9-26)38-23)18(32)13(10-27)37-22(16)36-8-7-24-14(29)5-3-4-6-15(30)35-2/h12-13,16-23,26-27,31-34H,3-10H2,1-2H3,(H,24,29)(H,25,28)/t12-,13-,16+,17+,18+,19+,20-,21-,22+,23+/m1/s1. The summed E-state index contributed by atoms with van der Waals surface area (Å²) in [5.41, 5.74) is 0.